The molecule has 0 saturated heterocycles. The molecule has 2 heterocycles. The first-order valence-corrected chi connectivity index (χ1v) is 8.09. The van der Waals surface area contributed by atoms with Crippen molar-refractivity contribution in [1.82, 2.24) is 0 Å². The molecule has 1 aromatic carbocycles. The van der Waals surface area contributed by atoms with Gasteiger partial charge in [0.05, 0.1) is 13.7 Å². The van der Waals surface area contributed by atoms with Gasteiger partial charge in [0.25, 0.3) is 0 Å². The van der Waals surface area contributed by atoms with E-state index in [1.165, 1.54) is 11.6 Å². The van der Waals surface area contributed by atoms with Gasteiger partial charge >= 0.3 is 5.97 Å². The standard InChI is InChI=1S/C19H23NO4/c1-12-10-19(2,3)20(11-14-6-8-17(24-14)18(21)22)16-9-13(23-4)5-7-15(12)16/h5-9,12H,10-11H2,1-4H3,(H,21,22). The van der Waals surface area contributed by atoms with Crippen LogP contribution in [0.4, 0.5) is 5.69 Å². The van der Waals surface area contributed by atoms with Crippen molar-refractivity contribution < 1.29 is 19.1 Å². The van der Waals surface area contributed by atoms with Gasteiger partial charge in [-0.05, 0) is 49.9 Å². The molecule has 1 unspecified atom stereocenters. The van der Waals surface area contributed by atoms with Gasteiger partial charge in [-0.3, -0.25) is 0 Å². The average Bonchev–Trinajstić information content (AvgIpc) is 2.99. The first-order chi connectivity index (χ1) is 11.3. The number of rotatable bonds is 4. The SMILES string of the molecule is COc1ccc2c(c1)N(Cc1ccc(C(=O)O)o1)C(C)(C)CC2C. The fraction of sp³-hybridized carbons (Fsp3) is 0.421. The van der Waals surface area contributed by atoms with E-state index in [1.54, 1.807) is 13.2 Å². The average molecular weight is 329 g/mol. The van der Waals surface area contributed by atoms with E-state index < -0.39 is 5.97 Å². The van der Waals surface area contributed by atoms with Gasteiger partial charge in [0, 0.05) is 17.3 Å². The molecule has 1 aromatic heterocycles. The van der Waals surface area contributed by atoms with Gasteiger partial charge in [0.15, 0.2) is 0 Å². The molecule has 1 aliphatic rings. The predicted octanol–water partition coefficient (Wildman–Crippen LogP) is 4.28. The number of carboxylic acids is 1. The van der Waals surface area contributed by atoms with Crippen LogP contribution in [0.25, 0.3) is 0 Å². The van der Waals surface area contributed by atoms with E-state index in [0.29, 0.717) is 18.2 Å². The van der Waals surface area contributed by atoms with E-state index in [1.807, 2.05) is 12.1 Å². The molecule has 24 heavy (non-hydrogen) atoms. The Morgan fingerprint density at radius 1 is 1.38 bits per heavy atom. The lowest BCUT2D eigenvalue weighted by Crippen LogP contribution is -2.47. The van der Waals surface area contributed by atoms with Crippen molar-refractivity contribution in [2.45, 2.75) is 45.2 Å². The minimum Gasteiger partial charge on any atom is -0.497 e. The summed E-state index contributed by atoms with van der Waals surface area (Å²) in [5.74, 6) is 0.829. The number of furan rings is 1. The predicted molar refractivity (Wildman–Crippen MR) is 92.0 cm³/mol. The van der Waals surface area contributed by atoms with Crippen LogP contribution in [0.5, 0.6) is 5.75 Å². The maximum absolute atomic E-state index is 11.0. The van der Waals surface area contributed by atoms with Crippen LogP contribution in [-0.4, -0.2) is 23.7 Å². The Morgan fingerprint density at radius 2 is 2.12 bits per heavy atom. The number of hydrogen-bond acceptors (Lipinski definition) is 4. The first-order valence-electron chi connectivity index (χ1n) is 8.09. The molecule has 0 aliphatic carbocycles. The van der Waals surface area contributed by atoms with Gasteiger partial charge in [-0.25, -0.2) is 4.79 Å². The molecular weight excluding hydrogens is 306 g/mol. The number of anilines is 1. The van der Waals surface area contributed by atoms with Crippen LogP contribution in [0.1, 0.15) is 55.0 Å². The third-order valence-corrected chi connectivity index (χ3v) is 4.78. The van der Waals surface area contributed by atoms with Crippen LogP contribution in [-0.2, 0) is 6.54 Å². The summed E-state index contributed by atoms with van der Waals surface area (Å²) in [7, 11) is 1.66. The van der Waals surface area contributed by atoms with Crippen molar-refractivity contribution in [2.75, 3.05) is 12.0 Å². The second kappa shape index (κ2) is 5.89. The Morgan fingerprint density at radius 3 is 2.75 bits per heavy atom. The molecular formula is C19H23NO4. The van der Waals surface area contributed by atoms with Crippen LogP contribution < -0.4 is 9.64 Å². The fourth-order valence-electron chi connectivity index (χ4n) is 3.63. The van der Waals surface area contributed by atoms with Crippen molar-refractivity contribution in [3.63, 3.8) is 0 Å². The highest BCUT2D eigenvalue weighted by atomic mass is 16.5. The number of nitrogens with zero attached hydrogens (tertiary/aromatic N) is 1. The van der Waals surface area contributed by atoms with E-state index >= 15 is 0 Å². The summed E-state index contributed by atoms with van der Waals surface area (Å²) in [6.07, 6.45) is 1.01. The lowest BCUT2D eigenvalue weighted by molar-refractivity contribution is 0.0660. The summed E-state index contributed by atoms with van der Waals surface area (Å²) in [6, 6.07) is 9.39. The maximum atomic E-state index is 11.0. The monoisotopic (exact) mass is 329 g/mol. The van der Waals surface area contributed by atoms with Crippen molar-refractivity contribution >= 4 is 11.7 Å². The Hall–Kier alpha value is -2.43. The number of carbonyl (C=O) groups is 1. The highest BCUT2D eigenvalue weighted by Crippen LogP contribution is 2.45. The summed E-state index contributed by atoms with van der Waals surface area (Å²) in [4.78, 5) is 13.3. The number of hydrogen-bond donors (Lipinski definition) is 1. The highest BCUT2D eigenvalue weighted by molar-refractivity contribution is 5.84. The van der Waals surface area contributed by atoms with Crippen LogP contribution in [0.15, 0.2) is 34.7 Å². The Labute approximate surface area is 141 Å². The zero-order valence-electron chi connectivity index (χ0n) is 14.5. The molecule has 5 heteroatoms. The first kappa shape index (κ1) is 16.4. The number of carboxylic acid groups (broad SMARTS) is 1. The zero-order valence-corrected chi connectivity index (χ0v) is 14.5. The molecule has 5 nitrogen and oxygen atoms in total. The minimum absolute atomic E-state index is 0.0287. The molecule has 0 fully saturated rings. The van der Waals surface area contributed by atoms with Crippen molar-refractivity contribution in [3.8, 4) is 5.75 Å². The van der Waals surface area contributed by atoms with E-state index in [4.69, 9.17) is 14.3 Å². The van der Waals surface area contributed by atoms with Crippen LogP contribution in [0.3, 0.4) is 0 Å². The van der Waals surface area contributed by atoms with Gasteiger partial charge in [0.2, 0.25) is 5.76 Å². The lowest BCUT2D eigenvalue weighted by Gasteiger charge is -2.47. The number of ether oxygens (including phenoxy) is 1. The quantitative estimate of drug-likeness (QED) is 0.907. The Bertz CT molecular complexity index is 762. The van der Waals surface area contributed by atoms with E-state index in [9.17, 15) is 4.79 Å². The Balaban J connectivity index is 2.01. The summed E-state index contributed by atoms with van der Waals surface area (Å²) in [5, 5.41) is 9.04. The number of methoxy groups -OCH3 is 1. The van der Waals surface area contributed by atoms with Crippen LogP contribution >= 0.6 is 0 Å². The normalized spacial score (nSPS) is 19.0. The van der Waals surface area contributed by atoms with Crippen molar-refractivity contribution in [1.29, 1.82) is 0 Å². The molecule has 0 spiro atoms. The third kappa shape index (κ3) is 2.86. The van der Waals surface area contributed by atoms with Gasteiger partial charge in [-0.1, -0.05) is 13.0 Å². The van der Waals surface area contributed by atoms with Crippen molar-refractivity contribution in [3.05, 3.63) is 47.4 Å². The van der Waals surface area contributed by atoms with E-state index in [2.05, 4.69) is 31.7 Å². The fourth-order valence-corrected chi connectivity index (χ4v) is 3.63. The molecule has 128 valence electrons. The number of benzene rings is 1. The topological polar surface area (TPSA) is 62.9 Å². The largest absolute Gasteiger partial charge is 0.497 e. The second-order valence-corrected chi connectivity index (χ2v) is 7.00. The molecule has 1 atom stereocenters. The molecule has 0 bridgehead atoms. The molecule has 1 aliphatic heterocycles. The summed E-state index contributed by atoms with van der Waals surface area (Å²) >= 11 is 0. The van der Waals surface area contributed by atoms with Crippen LogP contribution in [0.2, 0.25) is 0 Å². The summed E-state index contributed by atoms with van der Waals surface area (Å²) in [5.41, 5.74) is 2.32. The van der Waals surface area contributed by atoms with Crippen molar-refractivity contribution in [2.24, 2.45) is 0 Å². The maximum Gasteiger partial charge on any atom is 0.371 e. The number of fused-ring (bicyclic) bond motifs is 1. The number of aromatic carboxylic acids is 1. The Kier molecular flexibility index (Phi) is 4.03. The minimum atomic E-state index is -1.05. The van der Waals surface area contributed by atoms with E-state index in [-0.39, 0.29) is 11.3 Å². The highest BCUT2D eigenvalue weighted by Gasteiger charge is 2.37. The zero-order chi connectivity index (χ0) is 17.5. The molecule has 3 rings (SSSR count). The molecule has 0 amide bonds. The van der Waals surface area contributed by atoms with Gasteiger partial charge in [-0.2, -0.15) is 0 Å². The van der Waals surface area contributed by atoms with Crippen LogP contribution in [0, 0.1) is 0 Å². The second-order valence-electron chi connectivity index (χ2n) is 7.00. The van der Waals surface area contributed by atoms with Gasteiger partial charge < -0.3 is 19.2 Å². The van der Waals surface area contributed by atoms with E-state index in [0.717, 1.165) is 17.9 Å². The molecule has 0 saturated carbocycles. The lowest BCUT2D eigenvalue weighted by atomic mass is 9.80. The van der Waals surface area contributed by atoms with Gasteiger partial charge in [-0.15, -0.1) is 0 Å². The van der Waals surface area contributed by atoms with Gasteiger partial charge in [0.1, 0.15) is 11.5 Å². The summed E-state index contributed by atoms with van der Waals surface area (Å²) in [6.45, 7) is 7.16. The smallest absolute Gasteiger partial charge is 0.371 e. The molecule has 0 radical (unpaired) electrons. The molecule has 2 aromatic rings. The third-order valence-electron chi connectivity index (χ3n) is 4.78. The molecule has 1 N–H and O–H groups in total. The summed E-state index contributed by atoms with van der Waals surface area (Å²) < 4.78 is 10.9.